The van der Waals surface area contributed by atoms with Crippen molar-refractivity contribution in [3.05, 3.63) is 48.7 Å². The van der Waals surface area contributed by atoms with Gasteiger partial charge in [-0.15, -0.1) is 0 Å². The number of carbonyl (C=O) groups is 1. The van der Waals surface area contributed by atoms with Crippen LogP contribution >= 0.6 is 0 Å². The number of hydrogen-bond donors (Lipinski definition) is 1. The molecule has 4 heterocycles. The number of ether oxygens (including phenoxy) is 1. The van der Waals surface area contributed by atoms with E-state index < -0.39 is 0 Å². The zero-order chi connectivity index (χ0) is 17.0. The van der Waals surface area contributed by atoms with Crippen LogP contribution in [0.4, 0.5) is 10.5 Å². The van der Waals surface area contributed by atoms with Crippen molar-refractivity contribution in [3.8, 4) is 11.3 Å². The fourth-order valence-corrected chi connectivity index (χ4v) is 4.36. The summed E-state index contributed by atoms with van der Waals surface area (Å²) in [5.41, 5.74) is 2.69. The number of amides is 2. The molecule has 2 amide bonds. The van der Waals surface area contributed by atoms with E-state index in [4.69, 9.17) is 4.74 Å². The number of hydrogen-bond acceptors (Lipinski definition) is 3. The predicted molar refractivity (Wildman–Crippen MR) is 94.0 cm³/mol. The Morgan fingerprint density at radius 1 is 1.16 bits per heavy atom. The molecule has 0 radical (unpaired) electrons. The number of rotatable bonds is 2. The van der Waals surface area contributed by atoms with Crippen molar-refractivity contribution in [1.82, 2.24) is 14.7 Å². The molecule has 0 spiro atoms. The molecule has 2 bridgehead atoms. The Morgan fingerprint density at radius 2 is 1.84 bits per heavy atom. The first-order chi connectivity index (χ1) is 12.2. The topological polar surface area (TPSA) is 59.4 Å². The van der Waals surface area contributed by atoms with Crippen molar-refractivity contribution in [3.63, 3.8) is 0 Å². The first kappa shape index (κ1) is 14.7. The van der Waals surface area contributed by atoms with Gasteiger partial charge in [-0.05, 0) is 0 Å². The van der Waals surface area contributed by atoms with Gasteiger partial charge in [0.15, 0.2) is 0 Å². The molecule has 1 aromatic heterocycles. The lowest BCUT2D eigenvalue weighted by Gasteiger charge is -2.19. The summed E-state index contributed by atoms with van der Waals surface area (Å²) in [5.74, 6) is 0.867. The van der Waals surface area contributed by atoms with Crippen LogP contribution in [0.2, 0.25) is 0 Å². The number of benzene rings is 1. The lowest BCUT2D eigenvalue weighted by molar-refractivity contribution is 0.0892. The monoisotopic (exact) mass is 336 g/mol. The second-order valence-corrected chi connectivity index (χ2v) is 7.01. The molecular weight excluding hydrogens is 316 g/mol. The molecule has 3 aliphatic heterocycles. The molecule has 2 saturated heterocycles. The van der Waals surface area contributed by atoms with Gasteiger partial charge in [-0.2, -0.15) is 5.10 Å². The smallest absolute Gasteiger partial charge is 0.321 e. The summed E-state index contributed by atoms with van der Waals surface area (Å²) in [6.07, 6.45) is 6.37. The van der Waals surface area contributed by atoms with Crippen molar-refractivity contribution in [2.75, 3.05) is 18.4 Å². The van der Waals surface area contributed by atoms with Gasteiger partial charge in [-0.25, -0.2) is 4.79 Å². The molecule has 2 aromatic rings. The Hall–Kier alpha value is -2.60. The van der Waals surface area contributed by atoms with Crippen LogP contribution in [0.5, 0.6) is 0 Å². The Labute approximate surface area is 146 Å². The third-order valence-corrected chi connectivity index (χ3v) is 5.58. The zero-order valence-corrected chi connectivity index (χ0v) is 14.0. The summed E-state index contributed by atoms with van der Waals surface area (Å²) in [6, 6.07) is 9.93. The number of aromatic nitrogens is 2. The highest BCUT2D eigenvalue weighted by atomic mass is 16.5. The number of likely N-dealkylation sites (tertiary alicyclic amines) is 1. The second kappa shape index (κ2) is 5.46. The van der Waals surface area contributed by atoms with Crippen molar-refractivity contribution in [1.29, 1.82) is 0 Å². The molecule has 6 nitrogen and oxygen atoms in total. The van der Waals surface area contributed by atoms with E-state index in [1.54, 1.807) is 10.9 Å². The van der Waals surface area contributed by atoms with E-state index in [0.29, 0.717) is 11.8 Å². The van der Waals surface area contributed by atoms with Gasteiger partial charge in [0.1, 0.15) is 0 Å². The van der Waals surface area contributed by atoms with Crippen LogP contribution in [0.15, 0.2) is 48.7 Å². The Kier molecular flexibility index (Phi) is 3.21. The van der Waals surface area contributed by atoms with Crippen molar-refractivity contribution < 1.29 is 9.53 Å². The molecule has 0 aliphatic carbocycles. The summed E-state index contributed by atoms with van der Waals surface area (Å²) in [6.45, 7) is 1.51. The van der Waals surface area contributed by atoms with Crippen molar-refractivity contribution >= 4 is 11.7 Å². The number of urea groups is 1. The SMILES string of the molecule is Cn1ncc(NC(=O)N2CC3C4C=CC(O4)C3C2)c1-c1ccccc1. The summed E-state index contributed by atoms with van der Waals surface area (Å²) in [7, 11) is 1.89. The third kappa shape index (κ3) is 2.28. The van der Waals surface area contributed by atoms with Crippen molar-refractivity contribution in [2.45, 2.75) is 12.2 Å². The molecule has 0 saturated carbocycles. The van der Waals surface area contributed by atoms with E-state index >= 15 is 0 Å². The summed E-state index contributed by atoms with van der Waals surface area (Å²) < 4.78 is 7.68. The zero-order valence-electron chi connectivity index (χ0n) is 14.0. The summed E-state index contributed by atoms with van der Waals surface area (Å²) >= 11 is 0. The highest BCUT2D eigenvalue weighted by Gasteiger charge is 2.51. The van der Waals surface area contributed by atoms with E-state index in [0.717, 1.165) is 30.0 Å². The fraction of sp³-hybridized carbons (Fsp3) is 0.368. The average Bonchev–Trinajstić information content (AvgIpc) is 3.37. The van der Waals surface area contributed by atoms with Crippen LogP contribution in [0.1, 0.15) is 0 Å². The number of nitrogens with zero attached hydrogens (tertiary/aromatic N) is 3. The first-order valence-electron chi connectivity index (χ1n) is 8.68. The largest absolute Gasteiger partial charge is 0.366 e. The molecule has 4 atom stereocenters. The van der Waals surface area contributed by atoms with Crippen molar-refractivity contribution in [2.24, 2.45) is 18.9 Å². The van der Waals surface area contributed by atoms with Crippen LogP contribution < -0.4 is 5.32 Å². The van der Waals surface area contributed by atoms with Crippen LogP contribution in [0.25, 0.3) is 11.3 Å². The van der Waals surface area contributed by atoms with Gasteiger partial charge >= 0.3 is 6.03 Å². The molecule has 6 heteroatoms. The predicted octanol–water partition coefficient (Wildman–Crippen LogP) is 2.50. The van der Waals surface area contributed by atoms with Crippen LogP contribution in [-0.4, -0.2) is 46.0 Å². The quantitative estimate of drug-likeness (QED) is 0.857. The maximum atomic E-state index is 12.8. The number of carbonyl (C=O) groups excluding carboxylic acids is 1. The molecule has 4 unspecified atom stereocenters. The van der Waals surface area contributed by atoms with Gasteiger partial charge in [0.2, 0.25) is 0 Å². The average molecular weight is 336 g/mol. The highest BCUT2D eigenvalue weighted by Crippen LogP contribution is 2.43. The number of aryl methyl sites for hydroxylation is 1. The summed E-state index contributed by atoms with van der Waals surface area (Å²) in [4.78, 5) is 14.7. The molecular formula is C19H20N4O2. The summed E-state index contributed by atoms with van der Waals surface area (Å²) in [5, 5.41) is 7.37. The fourth-order valence-electron chi connectivity index (χ4n) is 4.36. The maximum absolute atomic E-state index is 12.8. The van der Waals surface area contributed by atoms with Gasteiger partial charge in [0.25, 0.3) is 0 Å². The van der Waals surface area contributed by atoms with Crippen LogP contribution in [0, 0.1) is 11.8 Å². The number of fused-ring (bicyclic) bond motifs is 5. The van der Waals surface area contributed by atoms with E-state index in [-0.39, 0.29) is 18.2 Å². The second-order valence-electron chi connectivity index (χ2n) is 7.01. The maximum Gasteiger partial charge on any atom is 0.321 e. The van der Waals surface area contributed by atoms with E-state index in [9.17, 15) is 4.79 Å². The highest BCUT2D eigenvalue weighted by molar-refractivity contribution is 5.93. The van der Waals surface area contributed by atoms with Crippen LogP contribution in [0.3, 0.4) is 0 Å². The molecule has 2 fully saturated rings. The Morgan fingerprint density at radius 3 is 2.52 bits per heavy atom. The Bertz CT molecular complexity index is 824. The molecule has 3 aliphatic rings. The minimum atomic E-state index is -0.0565. The lowest BCUT2D eigenvalue weighted by Crippen LogP contribution is -2.35. The van der Waals surface area contributed by atoms with Crippen LogP contribution in [-0.2, 0) is 11.8 Å². The minimum absolute atomic E-state index is 0.0565. The third-order valence-electron chi connectivity index (χ3n) is 5.58. The van der Waals surface area contributed by atoms with Gasteiger partial charge in [-0.1, -0.05) is 42.5 Å². The number of nitrogens with one attached hydrogen (secondary N) is 1. The van der Waals surface area contributed by atoms with Gasteiger partial charge in [-0.3, -0.25) is 4.68 Å². The van der Waals surface area contributed by atoms with Gasteiger partial charge < -0.3 is 15.0 Å². The number of anilines is 1. The van der Waals surface area contributed by atoms with Gasteiger partial charge in [0.05, 0.1) is 29.8 Å². The minimum Gasteiger partial charge on any atom is -0.366 e. The van der Waals surface area contributed by atoms with E-state index in [1.807, 2.05) is 42.3 Å². The Balaban J connectivity index is 1.34. The molecule has 1 N–H and O–H groups in total. The lowest BCUT2D eigenvalue weighted by atomic mass is 9.86. The molecule has 25 heavy (non-hydrogen) atoms. The van der Waals surface area contributed by atoms with E-state index in [2.05, 4.69) is 22.6 Å². The normalized spacial score (nSPS) is 29.2. The molecule has 1 aromatic carbocycles. The first-order valence-corrected chi connectivity index (χ1v) is 8.68. The molecule has 5 rings (SSSR count). The van der Waals surface area contributed by atoms with Gasteiger partial charge in [0, 0.05) is 37.5 Å². The molecule has 128 valence electrons. The standard InChI is InChI=1S/C19H20N4O2/c1-22-18(12-5-3-2-4-6-12)15(9-20-22)21-19(24)23-10-13-14(11-23)17-8-7-16(13)25-17/h2-9,13-14,16-17H,10-11H2,1H3,(H,21,24). The van der Waals surface area contributed by atoms with E-state index in [1.165, 1.54) is 0 Å².